The Hall–Kier alpha value is -1.89. The first kappa shape index (κ1) is 12.2. The maximum absolute atomic E-state index is 11.5. The average molecular weight is 277 g/mol. The molecule has 1 amide bonds. The SMILES string of the molecule is O=C([O-])C1=C(C[n+]2ccccn2)CS[C@@H]2CC(=O)N12. The molecular weight excluding hydrogens is 266 g/mol. The minimum absolute atomic E-state index is 0.0261. The Morgan fingerprint density at radius 2 is 2.42 bits per heavy atom. The first-order chi connectivity index (χ1) is 9.16. The van der Waals surface area contributed by atoms with Crippen molar-refractivity contribution in [2.45, 2.75) is 18.3 Å². The smallest absolute Gasteiger partial charge is 0.230 e. The average Bonchev–Trinajstić information content (AvgIpc) is 2.39. The van der Waals surface area contributed by atoms with Crippen LogP contribution in [-0.2, 0) is 16.1 Å². The van der Waals surface area contributed by atoms with Crippen molar-refractivity contribution in [2.75, 3.05) is 5.75 Å². The van der Waals surface area contributed by atoms with E-state index in [1.165, 1.54) is 4.90 Å². The summed E-state index contributed by atoms with van der Waals surface area (Å²) >= 11 is 1.58. The zero-order valence-corrected chi connectivity index (χ0v) is 10.8. The van der Waals surface area contributed by atoms with E-state index < -0.39 is 5.97 Å². The third-order valence-corrected chi connectivity index (χ3v) is 4.43. The van der Waals surface area contributed by atoms with Gasteiger partial charge in [-0.05, 0) is 11.2 Å². The monoisotopic (exact) mass is 277 g/mol. The molecule has 1 saturated heterocycles. The van der Waals surface area contributed by atoms with Gasteiger partial charge in [-0.2, -0.15) is 0 Å². The fourth-order valence-electron chi connectivity index (χ4n) is 2.24. The summed E-state index contributed by atoms with van der Waals surface area (Å²) in [6, 6.07) is 3.61. The standard InChI is InChI=1S/C12H11N3O3S/c16-9-5-10-15(9)11(12(17)18)8(7-19-10)6-14-4-2-1-3-13-14/h1-4,10H,5-7H2/t10-/m1/s1. The molecule has 0 N–H and O–H groups in total. The summed E-state index contributed by atoms with van der Waals surface area (Å²) in [6.07, 6.45) is 3.80. The summed E-state index contributed by atoms with van der Waals surface area (Å²) in [5.41, 5.74) is 0.691. The molecule has 0 radical (unpaired) electrons. The van der Waals surface area contributed by atoms with Gasteiger partial charge >= 0.3 is 0 Å². The van der Waals surface area contributed by atoms with Crippen LogP contribution in [0.15, 0.2) is 35.8 Å². The molecule has 3 rings (SSSR count). The molecule has 0 aromatic carbocycles. The number of carboxylic acids is 1. The molecule has 0 unspecified atom stereocenters. The van der Waals surface area contributed by atoms with Crippen LogP contribution in [0.3, 0.4) is 0 Å². The molecule has 6 nitrogen and oxygen atoms in total. The molecule has 19 heavy (non-hydrogen) atoms. The van der Waals surface area contributed by atoms with E-state index in [2.05, 4.69) is 5.10 Å². The van der Waals surface area contributed by atoms with Crippen LogP contribution in [0.5, 0.6) is 0 Å². The van der Waals surface area contributed by atoms with Crippen molar-refractivity contribution in [2.24, 2.45) is 0 Å². The van der Waals surface area contributed by atoms with Gasteiger partial charge in [0, 0.05) is 17.4 Å². The van der Waals surface area contributed by atoms with Crippen LogP contribution < -0.4 is 9.79 Å². The fourth-order valence-corrected chi connectivity index (χ4v) is 3.49. The van der Waals surface area contributed by atoms with Gasteiger partial charge in [0.2, 0.25) is 5.91 Å². The van der Waals surface area contributed by atoms with E-state index in [-0.39, 0.29) is 17.0 Å². The van der Waals surface area contributed by atoms with Crippen LogP contribution in [0.1, 0.15) is 6.42 Å². The number of aliphatic carboxylic acids is 1. The van der Waals surface area contributed by atoms with Gasteiger partial charge in [0.15, 0.2) is 12.7 Å². The molecule has 1 atom stereocenters. The van der Waals surface area contributed by atoms with Crippen molar-refractivity contribution in [3.8, 4) is 0 Å². The Morgan fingerprint density at radius 3 is 3.05 bits per heavy atom. The van der Waals surface area contributed by atoms with E-state index in [1.807, 2.05) is 6.07 Å². The van der Waals surface area contributed by atoms with E-state index >= 15 is 0 Å². The highest BCUT2D eigenvalue weighted by Crippen LogP contribution is 2.39. The molecule has 98 valence electrons. The summed E-state index contributed by atoms with van der Waals surface area (Å²) < 4.78 is 1.64. The second-order valence-corrected chi connectivity index (χ2v) is 5.54. The number of amides is 1. The van der Waals surface area contributed by atoms with Gasteiger partial charge in [-0.3, -0.25) is 9.69 Å². The summed E-state index contributed by atoms with van der Waals surface area (Å²) in [5, 5.41) is 15.3. The van der Waals surface area contributed by atoms with Gasteiger partial charge in [-0.15, -0.1) is 11.8 Å². The lowest BCUT2D eigenvalue weighted by Crippen LogP contribution is -2.56. The van der Waals surface area contributed by atoms with Crippen molar-refractivity contribution < 1.29 is 19.4 Å². The highest BCUT2D eigenvalue weighted by Gasteiger charge is 2.43. The Balaban J connectivity index is 1.94. The molecule has 3 heterocycles. The molecule has 0 saturated carbocycles. The molecule has 0 aliphatic carbocycles. The highest BCUT2D eigenvalue weighted by molar-refractivity contribution is 8.00. The van der Waals surface area contributed by atoms with E-state index in [0.29, 0.717) is 24.3 Å². The van der Waals surface area contributed by atoms with Crippen LogP contribution in [0.25, 0.3) is 0 Å². The molecule has 0 spiro atoms. The first-order valence-corrected chi connectivity index (χ1v) is 6.89. The van der Waals surface area contributed by atoms with E-state index in [0.717, 1.165) is 0 Å². The lowest BCUT2D eigenvalue weighted by atomic mass is 10.1. The van der Waals surface area contributed by atoms with Crippen LogP contribution >= 0.6 is 11.8 Å². The van der Waals surface area contributed by atoms with E-state index in [4.69, 9.17) is 0 Å². The molecule has 0 bridgehead atoms. The molecule has 1 aromatic heterocycles. The number of aromatic nitrogens is 2. The normalized spacial score (nSPS) is 22.0. The Kier molecular flexibility index (Phi) is 2.98. The molecule has 2 aliphatic rings. The summed E-state index contributed by atoms with van der Waals surface area (Å²) in [4.78, 5) is 24.2. The van der Waals surface area contributed by atoms with Gasteiger partial charge in [-0.25, -0.2) is 0 Å². The summed E-state index contributed by atoms with van der Waals surface area (Å²) in [5.74, 6) is -0.855. The maximum atomic E-state index is 11.5. The second-order valence-electron chi connectivity index (χ2n) is 4.37. The van der Waals surface area contributed by atoms with Gasteiger partial charge in [-0.1, -0.05) is 4.68 Å². The predicted molar refractivity (Wildman–Crippen MR) is 64.2 cm³/mol. The van der Waals surface area contributed by atoms with Crippen LogP contribution in [0, 0.1) is 0 Å². The molecule has 1 aromatic rings. The van der Waals surface area contributed by atoms with Gasteiger partial charge in [0.1, 0.15) is 0 Å². The zero-order chi connectivity index (χ0) is 13.4. The highest BCUT2D eigenvalue weighted by atomic mass is 32.2. The van der Waals surface area contributed by atoms with Crippen molar-refractivity contribution in [3.63, 3.8) is 0 Å². The minimum Gasteiger partial charge on any atom is -0.543 e. The Bertz CT molecular complexity index is 573. The van der Waals surface area contributed by atoms with Crippen molar-refractivity contribution >= 4 is 23.6 Å². The van der Waals surface area contributed by atoms with Gasteiger partial charge in [0.25, 0.3) is 0 Å². The van der Waals surface area contributed by atoms with Crippen LogP contribution in [0.2, 0.25) is 0 Å². The second kappa shape index (κ2) is 4.65. The van der Waals surface area contributed by atoms with Crippen LogP contribution in [0.4, 0.5) is 0 Å². The number of carboxylic acid groups (broad SMARTS) is 1. The van der Waals surface area contributed by atoms with Crippen molar-refractivity contribution in [1.82, 2.24) is 10.00 Å². The van der Waals surface area contributed by atoms with Crippen molar-refractivity contribution in [3.05, 3.63) is 35.8 Å². The summed E-state index contributed by atoms with van der Waals surface area (Å²) in [6.45, 7) is 0.355. The number of fused-ring (bicyclic) bond motifs is 1. The van der Waals surface area contributed by atoms with Crippen LogP contribution in [-0.4, -0.2) is 33.0 Å². The fraction of sp³-hybridized carbons (Fsp3) is 0.333. The molecule has 7 heteroatoms. The number of rotatable bonds is 3. The predicted octanol–water partition coefficient (Wildman–Crippen LogP) is -1.32. The lowest BCUT2D eigenvalue weighted by molar-refractivity contribution is -0.746. The molecular formula is C12H11N3O3S. The number of carbonyl (C=O) groups excluding carboxylic acids is 2. The number of thioether (sulfide) groups is 1. The molecule has 1 fully saturated rings. The number of nitrogens with zero attached hydrogens (tertiary/aromatic N) is 3. The summed E-state index contributed by atoms with van der Waals surface area (Å²) in [7, 11) is 0. The largest absolute Gasteiger partial charge is 0.543 e. The number of carbonyl (C=O) groups is 2. The quantitative estimate of drug-likeness (QED) is 0.506. The van der Waals surface area contributed by atoms with Gasteiger partial charge in [0.05, 0.1) is 29.7 Å². The number of hydrogen-bond acceptors (Lipinski definition) is 5. The number of β-lactam (4-membered cyclic amide) rings is 1. The van der Waals surface area contributed by atoms with Gasteiger partial charge < -0.3 is 9.90 Å². The Morgan fingerprint density at radius 1 is 1.58 bits per heavy atom. The number of hydrogen-bond donors (Lipinski definition) is 0. The Labute approximate surface area is 113 Å². The lowest BCUT2D eigenvalue weighted by Gasteiger charge is -2.45. The van der Waals surface area contributed by atoms with E-state index in [9.17, 15) is 14.7 Å². The third kappa shape index (κ3) is 2.10. The maximum Gasteiger partial charge on any atom is 0.230 e. The topological polar surface area (TPSA) is 77.2 Å². The minimum atomic E-state index is -1.29. The van der Waals surface area contributed by atoms with Crippen molar-refractivity contribution in [1.29, 1.82) is 0 Å². The van der Waals surface area contributed by atoms with E-state index in [1.54, 1.807) is 34.9 Å². The molecule has 2 aliphatic heterocycles. The third-order valence-electron chi connectivity index (χ3n) is 3.15. The first-order valence-electron chi connectivity index (χ1n) is 5.84. The zero-order valence-electron chi connectivity index (χ0n) is 9.98.